The highest BCUT2D eigenvalue weighted by molar-refractivity contribution is 6.09. The number of carbonyl (C=O) groups is 2. The molecule has 0 saturated carbocycles. The van der Waals surface area contributed by atoms with E-state index in [0.717, 1.165) is 6.42 Å². The van der Waals surface area contributed by atoms with Crippen LogP contribution in [0.5, 0.6) is 0 Å². The number of hydrogen-bond acceptors (Lipinski definition) is 4. The number of hydrogen-bond donors (Lipinski definition) is 2. The summed E-state index contributed by atoms with van der Waals surface area (Å²) in [6, 6.07) is 16.0. The first-order valence-corrected chi connectivity index (χ1v) is 8.03. The molecular formula is C19H20N2O3. The van der Waals surface area contributed by atoms with Gasteiger partial charge in [0.25, 0.3) is 5.91 Å². The second kappa shape index (κ2) is 7.38. The zero-order valence-corrected chi connectivity index (χ0v) is 13.3. The maximum absolute atomic E-state index is 12.5. The van der Waals surface area contributed by atoms with E-state index in [1.165, 1.54) is 0 Å². The summed E-state index contributed by atoms with van der Waals surface area (Å²) in [4.78, 5) is 24.7. The van der Waals surface area contributed by atoms with E-state index in [1.807, 2.05) is 18.2 Å². The zero-order valence-electron chi connectivity index (χ0n) is 13.3. The smallest absolute Gasteiger partial charge is 0.253 e. The van der Waals surface area contributed by atoms with Gasteiger partial charge in [-0.15, -0.1) is 0 Å². The summed E-state index contributed by atoms with van der Waals surface area (Å²) in [5, 5.41) is 2.82. The van der Waals surface area contributed by atoms with Crippen molar-refractivity contribution >= 4 is 17.4 Å². The van der Waals surface area contributed by atoms with Crippen molar-refractivity contribution in [3.63, 3.8) is 0 Å². The van der Waals surface area contributed by atoms with Crippen molar-refractivity contribution in [3.8, 4) is 0 Å². The van der Waals surface area contributed by atoms with Crippen molar-refractivity contribution in [1.29, 1.82) is 0 Å². The fourth-order valence-electron chi connectivity index (χ4n) is 2.79. The van der Waals surface area contributed by atoms with Gasteiger partial charge >= 0.3 is 0 Å². The molecule has 24 heavy (non-hydrogen) atoms. The molecule has 0 aromatic heterocycles. The average Bonchev–Trinajstić information content (AvgIpc) is 3.11. The molecule has 5 heteroatoms. The van der Waals surface area contributed by atoms with Crippen LogP contribution in [0.2, 0.25) is 0 Å². The van der Waals surface area contributed by atoms with E-state index in [4.69, 9.17) is 10.5 Å². The second-order valence-electron chi connectivity index (χ2n) is 5.82. The van der Waals surface area contributed by atoms with Crippen LogP contribution in [0.25, 0.3) is 0 Å². The number of amides is 1. The van der Waals surface area contributed by atoms with Crippen LogP contribution < -0.4 is 11.1 Å². The zero-order chi connectivity index (χ0) is 16.9. The van der Waals surface area contributed by atoms with E-state index in [-0.39, 0.29) is 17.8 Å². The Labute approximate surface area is 140 Å². The van der Waals surface area contributed by atoms with Gasteiger partial charge in [-0.25, -0.2) is 0 Å². The summed E-state index contributed by atoms with van der Waals surface area (Å²) < 4.78 is 5.59. The van der Waals surface area contributed by atoms with Crippen molar-refractivity contribution in [2.75, 3.05) is 11.9 Å². The monoisotopic (exact) mass is 324 g/mol. The van der Waals surface area contributed by atoms with Crippen molar-refractivity contribution in [2.24, 2.45) is 5.73 Å². The van der Waals surface area contributed by atoms with Crippen molar-refractivity contribution in [3.05, 3.63) is 65.7 Å². The molecule has 2 aromatic rings. The SMILES string of the molecule is NC[C@H]1CC[C@@H](C(=O)Nc2cccc(C(=O)c3ccccc3)c2)O1. The van der Waals surface area contributed by atoms with Crippen LogP contribution in [0.4, 0.5) is 5.69 Å². The number of ether oxygens (including phenoxy) is 1. The topological polar surface area (TPSA) is 81.4 Å². The molecule has 1 heterocycles. The third-order valence-corrected chi connectivity index (χ3v) is 4.09. The number of ketones is 1. The standard InChI is InChI=1S/C19H20N2O3/c20-12-16-9-10-17(24-16)19(23)21-15-8-4-7-14(11-15)18(22)13-5-2-1-3-6-13/h1-8,11,16-17H,9-10,12,20H2,(H,21,23)/t16-,17+/m1/s1. The van der Waals surface area contributed by atoms with E-state index >= 15 is 0 Å². The molecule has 0 bridgehead atoms. The van der Waals surface area contributed by atoms with Crippen LogP contribution in [0.3, 0.4) is 0 Å². The lowest BCUT2D eigenvalue weighted by molar-refractivity contribution is -0.126. The lowest BCUT2D eigenvalue weighted by Crippen LogP contribution is -2.29. The van der Waals surface area contributed by atoms with Gasteiger partial charge in [0.05, 0.1) is 6.10 Å². The molecule has 0 aliphatic carbocycles. The van der Waals surface area contributed by atoms with Crippen LogP contribution in [0, 0.1) is 0 Å². The molecule has 1 fully saturated rings. The average molecular weight is 324 g/mol. The third kappa shape index (κ3) is 3.69. The number of anilines is 1. The molecule has 1 aliphatic rings. The van der Waals surface area contributed by atoms with Crippen LogP contribution in [-0.2, 0) is 9.53 Å². The van der Waals surface area contributed by atoms with Crippen LogP contribution >= 0.6 is 0 Å². The summed E-state index contributed by atoms with van der Waals surface area (Å²) in [5.74, 6) is -0.276. The predicted molar refractivity (Wildman–Crippen MR) is 91.9 cm³/mol. The Hall–Kier alpha value is -2.50. The van der Waals surface area contributed by atoms with E-state index in [1.54, 1.807) is 36.4 Å². The Kier molecular flexibility index (Phi) is 5.03. The molecule has 0 unspecified atom stereocenters. The van der Waals surface area contributed by atoms with Crippen molar-refractivity contribution in [2.45, 2.75) is 25.0 Å². The third-order valence-electron chi connectivity index (χ3n) is 4.09. The van der Waals surface area contributed by atoms with Gasteiger partial charge in [0, 0.05) is 23.4 Å². The van der Waals surface area contributed by atoms with E-state index in [2.05, 4.69) is 5.32 Å². The van der Waals surface area contributed by atoms with Gasteiger partial charge in [-0.3, -0.25) is 9.59 Å². The fourth-order valence-corrected chi connectivity index (χ4v) is 2.79. The molecule has 0 spiro atoms. The van der Waals surface area contributed by atoms with Gasteiger partial charge in [0.1, 0.15) is 6.10 Å². The first-order valence-electron chi connectivity index (χ1n) is 8.03. The summed E-state index contributed by atoms with van der Waals surface area (Å²) in [6.45, 7) is 0.421. The Balaban J connectivity index is 1.69. The molecule has 2 atom stereocenters. The minimum absolute atomic E-state index is 0.0493. The van der Waals surface area contributed by atoms with Crippen molar-refractivity contribution in [1.82, 2.24) is 0 Å². The molecule has 1 saturated heterocycles. The minimum atomic E-state index is -0.480. The summed E-state index contributed by atoms with van der Waals surface area (Å²) in [5.41, 5.74) is 7.30. The number of nitrogens with one attached hydrogen (secondary N) is 1. The highest BCUT2D eigenvalue weighted by Gasteiger charge is 2.29. The molecule has 1 aliphatic heterocycles. The Bertz CT molecular complexity index is 730. The lowest BCUT2D eigenvalue weighted by atomic mass is 10.0. The molecule has 0 radical (unpaired) electrons. The highest BCUT2D eigenvalue weighted by Crippen LogP contribution is 2.21. The Morgan fingerprint density at radius 2 is 1.79 bits per heavy atom. The number of nitrogens with two attached hydrogens (primary N) is 1. The largest absolute Gasteiger partial charge is 0.364 e. The normalized spacial score (nSPS) is 19.9. The van der Waals surface area contributed by atoms with Crippen LogP contribution in [-0.4, -0.2) is 30.4 Å². The minimum Gasteiger partial charge on any atom is -0.364 e. The number of rotatable bonds is 5. The molecular weight excluding hydrogens is 304 g/mol. The Morgan fingerprint density at radius 3 is 2.50 bits per heavy atom. The van der Waals surface area contributed by atoms with Gasteiger partial charge in [0.15, 0.2) is 5.78 Å². The molecule has 124 valence electrons. The molecule has 2 aromatic carbocycles. The predicted octanol–water partition coefficient (Wildman–Crippen LogP) is 2.36. The fraction of sp³-hybridized carbons (Fsp3) is 0.263. The van der Waals surface area contributed by atoms with Gasteiger partial charge in [-0.2, -0.15) is 0 Å². The second-order valence-corrected chi connectivity index (χ2v) is 5.82. The van der Waals surface area contributed by atoms with Crippen LogP contribution in [0.15, 0.2) is 54.6 Å². The van der Waals surface area contributed by atoms with Gasteiger partial charge in [0.2, 0.25) is 0 Å². The highest BCUT2D eigenvalue weighted by atomic mass is 16.5. The summed E-state index contributed by atoms with van der Waals surface area (Å²) in [7, 11) is 0. The van der Waals surface area contributed by atoms with E-state index < -0.39 is 6.10 Å². The lowest BCUT2D eigenvalue weighted by Gasteiger charge is -2.13. The van der Waals surface area contributed by atoms with Gasteiger partial charge in [-0.1, -0.05) is 42.5 Å². The molecule has 1 amide bonds. The van der Waals surface area contributed by atoms with E-state index in [9.17, 15) is 9.59 Å². The van der Waals surface area contributed by atoms with Crippen LogP contribution in [0.1, 0.15) is 28.8 Å². The maximum Gasteiger partial charge on any atom is 0.253 e. The maximum atomic E-state index is 12.5. The molecule has 5 nitrogen and oxygen atoms in total. The molecule has 3 N–H and O–H groups in total. The van der Waals surface area contributed by atoms with Gasteiger partial charge in [-0.05, 0) is 25.0 Å². The van der Waals surface area contributed by atoms with Crippen molar-refractivity contribution < 1.29 is 14.3 Å². The quantitative estimate of drug-likeness (QED) is 0.827. The van der Waals surface area contributed by atoms with E-state index in [0.29, 0.717) is 29.8 Å². The first-order chi connectivity index (χ1) is 11.7. The first kappa shape index (κ1) is 16.4. The summed E-state index contributed by atoms with van der Waals surface area (Å²) >= 11 is 0. The molecule has 3 rings (SSSR count). The number of carbonyl (C=O) groups excluding carboxylic acids is 2. The van der Waals surface area contributed by atoms with Gasteiger partial charge < -0.3 is 15.8 Å². The number of benzene rings is 2. The Morgan fingerprint density at radius 1 is 1.04 bits per heavy atom. The summed E-state index contributed by atoms with van der Waals surface area (Å²) in [6.07, 6.45) is 0.927.